The number of likely N-dealkylation sites (tertiary alicyclic amines) is 1. The van der Waals surface area contributed by atoms with Gasteiger partial charge in [-0.05, 0) is 52.4 Å². The molecule has 0 radical (unpaired) electrons. The summed E-state index contributed by atoms with van der Waals surface area (Å²) in [5.74, 6) is 0. The molecule has 1 rings (SSSR count). The van der Waals surface area contributed by atoms with E-state index in [2.05, 4.69) is 24.2 Å². The second-order valence-electron chi connectivity index (χ2n) is 5.85. The van der Waals surface area contributed by atoms with Crippen LogP contribution in [0.15, 0.2) is 0 Å². The second kappa shape index (κ2) is 10.8. The van der Waals surface area contributed by atoms with Crippen LogP contribution in [0.2, 0.25) is 0 Å². The number of unbranched alkanes of at least 4 members (excludes halogenated alkanes) is 5. The topological polar surface area (TPSA) is 15.3 Å². The zero-order valence-corrected chi connectivity index (χ0v) is 12.7. The largest absolute Gasteiger partial charge is 0.320 e. The Labute approximate surface area is 115 Å². The zero-order chi connectivity index (χ0) is 13.1. The molecule has 2 heteroatoms. The van der Waals surface area contributed by atoms with Crippen LogP contribution in [0.4, 0.5) is 0 Å². The van der Waals surface area contributed by atoms with E-state index in [1.807, 2.05) is 0 Å². The molecule has 1 atom stereocenters. The van der Waals surface area contributed by atoms with Gasteiger partial charge in [0.05, 0.1) is 0 Å². The van der Waals surface area contributed by atoms with Crippen LogP contribution in [0.3, 0.4) is 0 Å². The minimum atomic E-state index is 0.863. The Balaban J connectivity index is 2.09. The van der Waals surface area contributed by atoms with Crippen molar-refractivity contribution in [2.24, 2.45) is 0 Å². The van der Waals surface area contributed by atoms with Crippen molar-refractivity contribution in [3.63, 3.8) is 0 Å². The first-order chi connectivity index (χ1) is 8.88. The second-order valence-corrected chi connectivity index (χ2v) is 5.85. The van der Waals surface area contributed by atoms with Crippen molar-refractivity contribution in [2.75, 3.05) is 26.7 Å². The molecule has 0 saturated carbocycles. The highest BCUT2D eigenvalue weighted by Gasteiger charge is 2.20. The Morgan fingerprint density at radius 2 is 1.83 bits per heavy atom. The lowest BCUT2D eigenvalue weighted by Gasteiger charge is -2.36. The van der Waals surface area contributed by atoms with Gasteiger partial charge in [0.2, 0.25) is 0 Å². The van der Waals surface area contributed by atoms with Crippen LogP contribution >= 0.6 is 0 Å². The first kappa shape index (κ1) is 16.0. The number of rotatable bonds is 10. The number of nitrogens with one attached hydrogen (secondary N) is 1. The van der Waals surface area contributed by atoms with E-state index in [1.54, 1.807) is 0 Å². The molecule has 0 aromatic rings. The smallest absolute Gasteiger partial charge is 0.0107 e. The van der Waals surface area contributed by atoms with E-state index in [1.165, 1.54) is 83.8 Å². The summed E-state index contributed by atoms with van der Waals surface area (Å²) in [7, 11) is 2.07. The molecule has 1 aliphatic rings. The van der Waals surface area contributed by atoms with Crippen molar-refractivity contribution >= 4 is 0 Å². The van der Waals surface area contributed by atoms with Crippen LogP contribution in [-0.4, -0.2) is 37.6 Å². The molecular weight excluding hydrogens is 220 g/mol. The van der Waals surface area contributed by atoms with E-state index in [0.29, 0.717) is 0 Å². The molecule has 0 amide bonds. The van der Waals surface area contributed by atoms with Crippen molar-refractivity contribution in [3.05, 3.63) is 0 Å². The fourth-order valence-corrected chi connectivity index (χ4v) is 3.09. The van der Waals surface area contributed by atoms with Gasteiger partial charge in [-0.2, -0.15) is 0 Å². The maximum absolute atomic E-state index is 3.30. The van der Waals surface area contributed by atoms with Crippen molar-refractivity contribution in [1.82, 2.24) is 10.2 Å². The third kappa shape index (κ3) is 6.75. The van der Waals surface area contributed by atoms with Crippen LogP contribution in [0.1, 0.15) is 71.1 Å². The van der Waals surface area contributed by atoms with Crippen LogP contribution in [0.25, 0.3) is 0 Å². The normalized spacial score (nSPS) is 21.3. The van der Waals surface area contributed by atoms with Gasteiger partial charge in [0.15, 0.2) is 0 Å². The number of hydrogen-bond donors (Lipinski definition) is 1. The Hall–Kier alpha value is -0.0800. The average Bonchev–Trinajstić information content (AvgIpc) is 2.41. The summed E-state index contributed by atoms with van der Waals surface area (Å²) in [6.45, 7) is 6.17. The van der Waals surface area contributed by atoms with Crippen LogP contribution in [-0.2, 0) is 0 Å². The standard InChI is InChI=1S/C16H34N2/c1-3-4-5-6-7-9-14-18-15-10-8-11-16(18)12-13-17-2/h16-17H,3-15H2,1-2H3. The van der Waals surface area contributed by atoms with E-state index in [0.717, 1.165) is 6.04 Å². The van der Waals surface area contributed by atoms with E-state index in [9.17, 15) is 0 Å². The molecule has 108 valence electrons. The Morgan fingerprint density at radius 3 is 2.61 bits per heavy atom. The predicted octanol–water partition coefficient (Wildman–Crippen LogP) is 3.81. The van der Waals surface area contributed by atoms with Gasteiger partial charge >= 0.3 is 0 Å². The highest BCUT2D eigenvalue weighted by atomic mass is 15.2. The quantitative estimate of drug-likeness (QED) is 0.596. The zero-order valence-electron chi connectivity index (χ0n) is 12.7. The third-order valence-electron chi connectivity index (χ3n) is 4.28. The first-order valence-electron chi connectivity index (χ1n) is 8.27. The van der Waals surface area contributed by atoms with Crippen molar-refractivity contribution in [3.8, 4) is 0 Å². The molecule has 1 saturated heterocycles. The van der Waals surface area contributed by atoms with Crippen LogP contribution in [0, 0.1) is 0 Å². The summed E-state index contributed by atoms with van der Waals surface area (Å²) in [5.41, 5.74) is 0. The molecule has 0 aliphatic carbocycles. The molecule has 0 bridgehead atoms. The highest BCUT2D eigenvalue weighted by Crippen LogP contribution is 2.20. The summed E-state index contributed by atoms with van der Waals surface area (Å²) in [6, 6.07) is 0.863. The molecule has 0 aromatic heterocycles. The SMILES string of the molecule is CCCCCCCCN1CCCCC1CCNC. The van der Waals surface area contributed by atoms with E-state index < -0.39 is 0 Å². The van der Waals surface area contributed by atoms with Gasteiger partial charge < -0.3 is 10.2 Å². The fraction of sp³-hybridized carbons (Fsp3) is 1.00. The fourth-order valence-electron chi connectivity index (χ4n) is 3.09. The van der Waals surface area contributed by atoms with Gasteiger partial charge in [0.1, 0.15) is 0 Å². The lowest BCUT2D eigenvalue weighted by Crippen LogP contribution is -2.41. The van der Waals surface area contributed by atoms with Gasteiger partial charge in [0.25, 0.3) is 0 Å². The minimum absolute atomic E-state index is 0.863. The molecule has 1 unspecified atom stereocenters. The lowest BCUT2D eigenvalue weighted by molar-refractivity contribution is 0.137. The number of piperidine rings is 1. The van der Waals surface area contributed by atoms with Gasteiger partial charge in [-0.3, -0.25) is 0 Å². The molecule has 1 heterocycles. The summed E-state index contributed by atoms with van der Waals surface area (Å²) < 4.78 is 0. The van der Waals surface area contributed by atoms with E-state index >= 15 is 0 Å². The number of hydrogen-bond acceptors (Lipinski definition) is 2. The Morgan fingerprint density at radius 1 is 1.06 bits per heavy atom. The maximum Gasteiger partial charge on any atom is 0.0107 e. The predicted molar refractivity (Wildman–Crippen MR) is 81.1 cm³/mol. The van der Waals surface area contributed by atoms with E-state index in [4.69, 9.17) is 0 Å². The molecule has 1 aliphatic heterocycles. The molecule has 2 nitrogen and oxygen atoms in total. The van der Waals surface area contributed by atoms with Gasteiger partial charge in [0, 0.05) is 6.04 Å². The van der Waals surface area contributed by atoms with Crippen molar-refractivity contribution in [1.29, 1.82) is 0 Å². The van der Waals surface area contributed by atoms with Gasteiger partial charge in [-0.1, -0.05) is 45.4 Å². The highest BCUT2D eigenvalue weighted by molar-refractivity contribution is 4.77. The average molecular weight is 254 g/mol. The summed E-state index contributed by atoms with van der Waals surface area (Å²) >= 11 is 0. The summed E-state index contributed by atoms with van der Waals surface area (Å²) in [4.78, 5) is 2.76. The van der Waals surface area contributed by atoms with Crippen molar-refractivity contribution < 1.29 is 0 Å². The van der Waals surface area contributed by atoms with Crippen molar-refractivity contribution in [2.45, 2.75) is 77.2 Å². The van der Waals surface area contributed by atoms with Gasteiger partial charge in [-0.15, -0.1) is 0 Å². The molecule has 0 spiro atoms. The molecule has 18 heavy (non-hydrogen) atoms. The molecule has 0 aromatic carbocycles. The van der Waals surface area contributed by atoms with E-state index in [-0.39, 0.29) is 0 Å². The van der Waals surface area contributed by atoms with Crippen LogP contribution in [0.5, 0.6) is 0 Å². The monoisotopic (exact) mass is 254 g/mol. The Kier molecular flexibility index (Phi) is 9.59. The molecule has 1 fully saturated rings. The number of nitrogens with zero attached hydrogens (tertiary/aromatic N) is 1. The van der Waals surface area contributed by atoms with Gasteiger partial charge in [-0.25, -0.2) is 0 Å². The Bertz CT molecular complexity index is 182. The summed E-state index contributed by atoms with van der Waals surface area (Å²) in [6.07, 6.45) is 14.2. The maximum atomic E-state index is 3.30. The van der Waals surface area contributed by atoms with Crippen LogP contribution < -0.4 is 5.32 Å². The molecular formula is C16H34N2. The lowest BCUT2D eigenvalue weighted by atomic mass is 9.98. The third-order valence-corrected chi connectivity index (χ3v) is 4.28. The minimum Gasteiger partial charge on any atom is -0.320 e. The first-order valence-corrected chi connectivity index (χ1v) is 8.27. The molecule has 1 N–H and O–H groups in total. The summed E-state index contributed by atoms with van der Waals surface area (Å²) in [5, 5.41) is 3.30.